The number of anilines is 1. The smallest absolute Gasteiger partial charge is 0.226 e. The molecule has 5 nitrogen and oxygen atoms in total. The van der Waals surface area contributed by atoms with E-state index in [0.717, 1.165) is 17.9 Å². The van der Waals surface area contributed by atoms with Gasteiger partial charge < -0.3 is 20.1 Å². The zero-order valence-electron chi connectivity index (χ0n) is 15.6. The van der Waals surface area contributed by atoms with E-state index in [0.29, 0.717) is 37.3 Å². The Kier molecular flexibility index (Phi) is 9.42. The van der Waals surface area contributed by atoms with E-state index >= 15 is 0 Å². The first-order chi connectivity index (χ1) is 12.7. The summed E-state index contributed by atoms with van der Waals surface area (Å²) in [6.45, 7) is 3.69. The van der Waals surface area contributed by atoms with Gasteiger partial charge in [0.05, 0.1) is 6.61 Å². The van der Waals surface area contributed by atoms with Crippen molar-refractivity contribution in [1.29, 1.82) is 0 Å². The Labute approximate surface area is 161 Å². The molecule has 2 N–H and O–H groups in total. The number of ether oxygens (including phenoxy) is 2. The maximum absolute atomic E-state index is 12.1. The highest BCUT2D eigenvalue weighted by atomic mass is 32.1. The molecule has 0 unspecified atom stereocenters. The number of hydrogen-bond donors (Lipinski definition) is 2. The van der Waals surface area contributed by atoms with Crippen LogP contribution in [0.5, 0.6) is 5.75 Å². The molecule has 1 aromatic rings. The van der Waals surface area contributed by atoms with Crippen molar-refractivity contribution in [3.63, 3.8) is 0 Å². The Morgan fingerprint density at radius 3 is 2.81 bits per heavy atom. The fraction of sp³-hybridized carbons (Fsp3) is 0.600. The zero-order chi connectivity index (χ0) is 18.6. The molecule has 144 valence electrons. The lowest BCUT2D eigenvalue weighted by atomic mass is 9.86. The second-order valence-electron chi connectivity index (χ2n) is 6.62. The summed E-state index contributed by atoms with van der Waals surface area (Å²) < 4.78 is 10.9. The van der Waals surface area contributed by atoms with Crippen LogP contribution in [0.4, 0.5) is 5.69 Å². The molecule has 1 aromatic carbocycles. The Bertz CT molecular complexity index is 574. The summed E-state index contributed by atoms with van der Waals surface area (Å²) in [7, 11) is 0. The highest BCUT2D eigenvalue weighted by Crippen LogP contribution is 2.27. The number of thiocarbonyl (C=S) groups is 1. The summed E-state index contributed by atoms with van der Waals surface area (Å²) in [5, 5.41) is 6.13. The predicted molar refractivity (Wildman–Crippen MR) is 109 cm³/mol. The number of hydrogen-bond acceptors (Lipinski definition) is 4. The van der Waals surface area contributed by atoms with Gasteiger partial charge in [-0.25, -0.2) is 0 Å². The molecule has 0 bridgehead atoms. The molecule has 1 saturated carbocycles. The van der Waals surface area contributed by atoms with Crippen LogP contribution in [0.1, 0.15) is 51.9 Å². The lowest BCUT2D eigenvalue weighted by Gasteiger charge is -2.21. The van der Waals surface area contributed by atoms with Gasteiger partial charge in [0, 0.05) is 24.8 Å². The fourth-order valence-corrected chi connectivity index (χ4v) is 3.42. The summed E-state index contributed by atoms with van der Waals surface area (Å²) in [5.41, 5.74) is 0.788. The SMILES string of the molecule is CCOCCOc1cccc(NC(=S)NC(=O)CCC2CCCCC2)c1. The molecule has 1 amide bonds. The second-order valence-corrected chi connectivity index (χ2v) is 7.03. The van der Waals surface area contributed by atoms with E-state index < -0.39 is 0 Å². The highest BCUT2D eigenvalue weighted by molar-refractivity contribution is 7.80. The number of carbonyl (C=O) groups excluding carboxylic acids is 1. The Morgan fingerprint density at radius 2 is 2.04 bits per heavy atom. The van der Waals surface area contributed by atoms with Crippen LogP contribution in [0.25, 0.3) is 0 Å². The van der Waals surface area contributed by atoms with E-state index in [1.807, 2.05) is 31.2 Å². The van der Waals surface area contributed by atoms with E-state index in [1.54, 1.807) is 0 Å². The van der Waals surface area contributed by atoms with Gasteiger partial charge in [-0.2, -0.15) is 0 Å². The maximum Gasteiger partial charge on any atom is 0.226 e. The Morgan fingerprint density at radius 1 is 1.23 bits per heavy atom. The van der Waals surface area contributed by atoms with Crippen molar-refractivity contribution in [2.24, 2.45) is 5.92 Å². The van der Waals surface area contributed by atoms with Crippen molar-refractivity contribution in [3.8, 4) is 5.75 Å². The third-order valence-electron chi connectivity index (χ3n) is 4.55. The van der Waals surface area contributed by atoms with Crippen molar-refractivity contribution < 1.29 is 14.3 Å². The van der Waals surface area contributed by atoms with Crippen LogP contribution in [0.2, 0.25) is 0 Å². The Balaban J connectivity index is 1.70. The standard InChI is InChI=1S/C20H30N2O3S/c1-2-24-13-14-25-18-10-6-9-17(15-18)21-20(26)22-19(23)12-11-16-7-4-3-5-8-16/h6,9-10,15-16H,2-5,7-8,11-14H2,1H3,(H2,21,22,23,26). The first-order valence-corrected chi connectivity index (χ1v) is 9.99. The van der Waals surface area contributed by atoms with Crippen LogP contribution in [0.3, 0.4) is 0 Å². The molecule has 1 aliphatic rings. The first-order valence-electron chi connectivity index (χ1n) is 9.59. The van der Waals surface area contributed by atoms with Crippen LogP contribution < -0.4 is 15.4 Å². The number of nitrogens with one attached hydrogen (secondary N) is 2. The molecule has 0 heterocycles. The average molecular weight is 379 g/mol. The molecule has 6 heteroatoms. The maximum atomic E-state index is 12.1. The van der Waals surface area contributed by atoms with Crippen LogP contribution in [-0.4, -0.2) is 30.8 Å². The molecule has 0 spiro atoms. The molecule has 26 heavy (non-hydrogen) atoms. The van der Waals surface area contributed by atoms with Crippen molar-refractivity contribution in [3.05, 3.63) is 24.3 Å². The minimum absolute atomic E-state index is 0.0165. The lowest BCUT2D eigenvalue weighted by Crippen LogP contribution is -2.34. The third kappa shape index (κ3) is 8.15. The van der Waals surface area contributed by atoms with Gasteiger partial charge >= 0.3 is 0 Å². The van der Waals surface area contributed by atoms with Gasteiger partial charge in [0.1, 0.15) is 12.4 Å². The molecular formula is C20H30N2O3S. The molecule has 0 atom stereocenters. The largest absolute Gasteiger partial charge is 0.491 e. The molecule has 1 aliphatic carbocycles. The lowest BCUT2D eigenvalue weighted by molar-refractivity contribution is -0.120. The minimum atomic E-state index is -0.0165. The zero-order valence-corrected chi connectivity index (χ0v) is 16.4. The Hall–Kier alpha value is -1.66. The molecule has 0 saturated heterocycles. The highest BCUT2D eigenvalue weighted by Gasteiger charge is 2.15. The van der Waals surface area contributed by atoms with Crippen molar-refractivity contribution in [1.82, 2.24) is 5.32 Å². The molecular weight excluding hydrogens is 348 g/mol. The minimum Gasteiger partial charge on any atom is -0.491 e. The monoisotopic (exact) mass is 378 g/mol. The van der Waals surface area contributed by atoms with E-state index in [2.05, 4.69) is 10.6 Å². The van der Waals surface area contributed by atoms with E-state index in [1.165, 1.54) is 32.1 Å². The molecule has 0 aromatic heterocycles. The van der Waals surface area contributed by atoms with Gasteiger partial charge in [0.15, 0.2) is 5.11 Å². The molecule has 0 radical (unpaired) electrons. The quantitative estimate of drug-likeness (QED) is 0.496. The summed E-state index contributed by atoms with van der Waals surface area (Å²) in [6, 6.07) is 7.50. The number of carbonyl (C=O) groups is 1. The van der Waals surface area contributed by atoms with E-state index in [4.69, 9.17) is 21.7 Å². The summed E-state index contributed by atoms with van der Waals surface area (Å²) in [6.07, 6.45) is 7.94. The summed E-state index contributed by atoms with van der Waals surface area (Å²) in [4.78, 5) is 12.1. The van der Waals surface area contributed by atoms with Gasteiger partial charge in [-0.3, -0.25) is 4.79 Å². The average Bonchev–Trinajstić information content (AvgIpc) is 2.65. The van der Waals surface area contributed by atoms with Crippen LogP contribution in [-0.2, 0) is 9.53 Å². The van der Waals surface area contributed by atoms with Gasteiger partial charge in [-0.1, -0.05) is 38.2 Å². The van der Waals surface area contributed by atoms with Crippen molar-refractivity contribution in [2.75, 3.05) is 25.1 Å². The second kappa shape index (κ2) is 11.9. The normalized spacial score (nSPS) is 14.7. The van der Waals surface area contributed by atoms with Crippen molar-refractivity contribution >= 4 is 28.9 Å². The van der Waals surface area contributed by atoms with Gasteiger partial charge in [0.25, 0.3) is 0 Å². The molecule has 1 fully saturated rings. The van der Waals surface area contributed by atoms with E-state index in [-0.39, 0.29) is 5.91 Å². The number of benzene rings is 1. The third-order valence-corrected chi connectivity index (χ3v) is 4.75. The first kappa shape index (κ1) is 20.6. The van der Waals surface area contributed by atoms with Crippen molar-refractivity contribution in [2.45, 2.75) is 51.9 Å². The summed E-state index contributed by atoms with van der Waals surface area (Å²) >= 11 is 5.24. The number of amides is 1. The topological polar surface area (TPSA) is 59.6 Å². The van der Waals surface area contributed by atoms with Crippen LogP contribution in [0, 0.1) is 5.92 Å². The van der Waals surface area contributed by atoms with E-state index in [9.17, 15) is 4.79 Å². The molecule has 0 aliphatic heterocycles. The van der Waals surface area contributed by atoms with Crippen LogP contribution in [0.15, 0.2) is 24.3 Å². The van der Waals surface area contributed by atoms with Gasteiger partial charge in [-0.05, 0) is 43.6 Å². The number of rotatable bonds is 9. The van der Waals surface area contributed by atoms with Crippen LogP contribution >= 0.6 is 12.2 Å². The van der Waals surface area contributed by atoms with Gasteiger partial charge in [-0.15, -0.1) is 0 Å². The van der Waals surface area contributed by atoms with Gasteiger partial charge in [0.2, 0.25) is 5.91 Å². The fourth-order valence-electron chi connectivity index (χ4n) is 3.19. The predicted octanol–water partition coefficient (Wildman–Crippen LogP) is 4.28. The molecule has 2 rings (SSSR count). The summed E-state index contributed by atoms with van der Waals surface area (Å²) in [5.74, 6) is 1.42.